The maximum absolute atomic E-state index is 13.4. The van der Waals surface area contributed by atoms with Crippen molar-refractivity contribution in [2.75, 3.05) is 31.0 Å². The summed E-state index contributed by atoms with van der Waals surface area (Å²) in [5, 5.41) is 2.74. The number of nitrogens with zero attached hydrogens (tertiary/aromatic N) is 1. The molecule has 0 aromatic heterocycles. The number of methoxy groups -OCH3 is 2. The van der Waals surface area contributed by atoms with Gasteiger partial charge in [0.1, 0.15) is 11.5 Å². The number of amides is 2. The topological polar surface area (TPSA) is 67.9 Å². The second-order valence-corrected chi connectivity index (χ2v) is 6.06. The predicted molar refractivity (Wildman–Crippen MR) is 95.0 cm³/mol. The van der Waals surface area contributed by atoms with Crippen molar-refractivity contribution in [3.8, 4) is 11.5 Å². The summed E-state index contributed by atoms with van der Waals surface area (Å²) in [5.41, 5.74) is 0.665. The first kappa shape index (κ1) is 18.6. The average Bonchev–Trinajstić information content (AvgIpc) is 3.06. The highest BCUT2D eigenvalue weighted by Crippen LogP contribution is 2.31. The molecule has 1 fully saturated rings. The maximum Gasteiger partial charge on any atom is 0.229 e. The van der Waals surface area contributed by atoms with E-state index in [9.17, 15) is 18.4 Å². The molecule has 2 aromatic rings. The Bertz CT molecular complexity index is 888. The Morgan fingerprint density at radius 2 is 1.89 bits per heavy atom. The molecule has 142 valence electrons. The Morgan fingerprint density at radius 3 is 2.56 bits per heavy atom. The first-order valence-electron chi connectivity index (χ1n) is 8.21. The van der Waals surface area contributed by atoms with Gasteiger partial charge in [0, 0.05) is 30.8 Å². The lowest BCUT2D eigenvalue weighted by Crippen LogP contribution is -2.28. The van der Waals surface area contributed by atoms with E-state index in [4.69, 9.17) is 9.47 Å². The van der Waals surface area contributed by atoms with Gasteiger partial charge >= 0.3 is 0 Å². The second kappa shape index (κ2) is 7.61. The van der Waals surface area contributed by atoms with E-state index in [1.165, 1.54) is 25.2 Å². The zero-order valence-electron chi connectivity index (χ0n) is 14.8. The lowest BCUT2D eigenvalue weighted by Gasteiger charge is -2.17. The molecule has 8 heteroatoms. The minimum absolute atomic E-state index is 0.0245. The molecule has 0 bridgehead atoms. The summed E-state index contributed by atoms with van der Waals surface area (Å²) in [4.78, 5) is 26.1. The van der Waals surface area contributed by atoms with E-state index < -0.39 is 17.6 Å². The van der Waals surface area contributed by atoms with Crippen molar-refractivity contribution in [3.63, 3.8) is 0 Å². The molecule has 3 rings (SSSR count). The van der Waals surface area contributed by atoms with E-state index in [1.807, 2.05) is 0 Å². The normalized spacial score (nSPS) is 16.4. The van der Waals surface area contributed by atoms with Gasteiger partial charge in [-0.3, -0.25) is 9.59 Å². The van der Waals surface area contributed by atoms with Gasteiger partial charge in [0.2, 0.25) is 11.8 Å². The summed E-state index contributed by atoms with van der Waals surface area (Å²) < 4.78 is 36.9. The highest BCUT2D eigenvalue weighted by atomic mass is 19.2. The van der Waals surface area contributed by atoms with Crippen molar-refractivity contribution in [2.45, 2.75) is 6.42 Å². The summed E-state index contributed by atoms with van der Waals surface area (Å²) in [6.45, 7) is 0.0776. The largest absolute Gasteiger partial charge is 0.497 e. The third-order valence-corrected chi connectivity index (χ3v) is 4.38. The van der Waals surface area contributed by atoms with E-state index in [0.717, 1.165) is 12.1 Å². The van der Waals surface area contributed by atoms with Crippen LogP contribution in [0.2, 0.25) is 0 Å². The van der Waals surface area contributed by atoms with Crippen LogP contribution >= 0.6 is 0 Å². The highest BCUT2D eigenvalue weighted by Gasteiger charge is 2.35. The summed E-state index contributed by atoms with van der Waals surface area (Å²) in [5.74, 6) is -2.37. The van der Waals surface area contributed by atoms with Gasteiger partial charge in [-0.2, -0.15) is 0 Å². The molecule has 0 radical (unpaired) electrons. The van der Waals surface area contributed by atoms with E-state index in [1.54, 1.807) is 18.2 Å². The summed E-state index contributed by atoms with van der Waals surface area (Å²) in [6, 6.07) is 8.14. The third kappa shape index (κ3) is 3.84. The van der Waals surface area contributed by atoms with Crippen LogP contribution in [-0.4, -0.2) is 32.6 Å². The van der Waals surface area contributed by atoms with Crippen LogP contribution < -0.4 is 19.7 Å². The predicted octanol–water partition coefficient (Wildman–Crippen LogP) is 2.97. The minimum Gasteiger partial charge on any atom is -0.497 e. The highest BCUT2D eigenvalue weighted by molar-refractivity contribution is 6.03. The average molecular weight is 376 g/mol. The Kier molecular flexibility index (Phi) is 5.25. The molecule has 1 heterocycles. The number of nitrogens with one attached hydrogen (secondary N) is 1. The Hall–Kier alpha value is -3.16. The van der Waals surface area contributed by atoms with Crippen LogP contribution in [0.5, 0.6) is 11.5 Å². The molecule has 1 atom stereocenters. The number of halogens is 2. The Labute approximate surface area is 154 Å². The molecule has 27 heavy (non-hydrogen) atoms. The number of hydrogen-bond donors (Lipinski definition) is 1. The van der Waals surface area contributed by atoms with Crippen molar-refractivity contribution in [3.05, 3.63) is 48.0 Å². The van der Waals surface area contributed by atoms with Gasteiger partial charge in [-0.05, 0) is 24.3 Å². The lowest BCUT2D eigenvalue weighted by molar-refractivity contribution is -0.122. The second-order valence-electron chi connectivity index (χ2n) is 6.06. The van der Waals surface area contributed by atoms with Crippen LogP contribution in [0.25, 0.3) is 0 Å². The van der Waals surface area contributed by atoms with E-state index in [-0.39, 0.29) is 30.5 Å². The molecule has 0 saturated carbocycles. The number of anilines is 2. The fourth-order valence-electron chi connectivity index (χ4n) is 2.92. The van der Waals surface area contributed by atoms with Gasteiger partial charge in [-0.25, -0.2) is 8.78 Å². The number of hydrogen-bond acceptors (Lipinski definition) is 4. The number of carbonyl (C=O) groups is 2. The maximum atomic E-state index is 13.4. The van der Waals surface area contributed by atoms with Crippen LogP contribution in [0, 0.1) is 17.6 Å². The quantitative estimate of drug-likeness (QED) is 0.871. The molecular weight excluding hydrogens is 358 g/mol. The Morgan fingerprint density at radius 1 is 1.11 bits per heavy atom. The number of carbonyl (C=O) groups excluding carboxylic acids is 2. The smallest absolute Gasteiger partial charge is 0.229 e. The van der Waals surface area contributed by atoms with Gasteiger partial charge in [0.15, 0.2) is 11.6 Å². The van der Waals surface area contributed by atoms with Crippen LogP contribution in [-0.2, 0) is 9.59 Å². The zero-order chi connectivity index (χ0) is 19.6. The summed E-state index contributed by atoms with van der Waals surface area (Å²) in [7, 11) is 2.98. The molecule has 1 unspecified atom stereocenters. The molecule has 1 N–H and O–H groups in total. The molecule has 1 aliphatic rings. The van der Waals surface area contributed by atoms with E-state index in [0.29, 0.717) is 17.2 Å². The van der Waals surface area contributed by atoms with Gasteiger partial charge < -0.3 is 19.7 Å². The van der Waals surface area contributed by atoms with Crippen LogP contribution in [0.1, 0.15) is 6.42 Å². The van der Waals surface area contributed by atoms with Crippen molar-refractivity contribution >= 4 is 23.2 Å². The van der Waals surface area contributed by atoms with E-state index in [2.05, 4.69) is 5.32 Å². The summed E-state index contributed by atoms with van der Waals surface area (Å²) in [6.07, 6.45) is -0.0245. The molecular formula is C19H18F2N2O4. The molecule has 2 aromatic carbocycles. The minimum atomic E-state index is -1.05. The fourth-order valence-corrected chi connectivity index (χ4v) is 2.92. The Balaban J connectivity index is 1.73. The SMILES string of the molecule is COc1ccc(NC(=O)C2CC(=O)N(c3ccc(F)c(F)c3)C2)c(OC)c1. The van der Waals surface area contributed by atoms with Crippen LogP contribution in [0.4, 0.5) is 20.2 Å². The molecule has 1 saturated heterocycles. The first-order valence-corrected chi connectivity index (χ1v) is 8.21. The summed E-state index contributed by atoms with van der Waals surface area (Å²) >= 11 is 0. The van der Waals surface area contributed by atoms with Gasteiger partial charge in [-0.15, -0.1) is 0 Å². The molecule has 0 aliphatic carbocycles. The van der Waals surface area contributed by atoms with Crippen LogP contribution in [0.15, 0.2) is 36.4 Å². The zero-order valence-corrected chi connectivity index (χ0v) is 14.8. The van der Waals surface area contributed by atoms with Gasteiger partial charge in [0.05, 0.1) is 25.8 Å². The lowest BCUT2D eigenvalue weighted by atomic mass is 10.1. The standard InChI is InChI=1S/C19H18F2N2O4/c1-26-13-4-6-16(17(9-13)27-2)22-19(25)11-7-18(24)23(10-11)12-3-5-14(20)15(21)8-12/h3-6,8-9,11H,7,10H2,1-2H3,(H,22,25). The molecule has 0 spiro atoms. The molecule has 1 aliphatic heterocycles. The molecule has 6 nitrogen and oxygen atoms in total. The van der Waals surface area contributed by atoms with Crippen molar-refractivity contribution in [2.24, 2.45) is 5.92 Å². The van der Waals surface area contributed by atoms with E-state index >= 15 is 0 Å². The van der Waals surface area contributed by atoms with Crippen molar-refractivity contribution < 1.29 is 27.8 Å². The fraction of sp³-hybridized carbons (Fsp3) is 0.263. The van der Waals surface area contributed by atoms with Crippen molar-refractivity contribution in [1.82, 2.24) is 0 Å². The van der Waals surface area contributed by atoms with Gasteiger partial charge in [-0.1, -0.05) is 0 Å². The number of benzene rings is 2. The third-order valence-electron chi connectivity index (χ3n) is 4.38. The van der Waals surface area contributed by atoms with Crippen molar-refractivity contribution in [1.29, 1.82) is 0 Å². The number of rotatable bonds is 5. The van der Waals surface area contributed by atoms with Gasteiger partial charge in [0.25, 0.3) is 0 Å². The monoisotopic (exact) mass is 376 g/mol. The first-order chi connectivity index (χ1) is 12.9. The number of ether oxygens (including phenoxy) is 2. The molecule has 2 amide bonds. The van der Waals surface area contributed by atoms with Crippen LogP contribution in [0.3, 0.4) is 0 Å².